The van der Waals surface area contributed by atoms with Gasteiger partial charge in [0.2, 0.25) is 0 Å². The van der Waals surface area contributed by atoms with E-state index < -0.39 is 32.5 Å². The van der Waals surface area contributed by atoms with Crippen molar-refractivity contribution in [1.29, 1.82) is 0 Å². The molecule has 0 aromatic carbocycles. The molecule has 0 aliphatic carbocycles. The zero-order valence-electron chi connectivity index (χ0n) is 36.6. The number of quaternary nitrogens is 1. The van der Waals surface area contributed by atoms with E-state index in [2.05, 4.69) is 38.2 Å². The number of esters is 2. The Morgan fingerprint density at radius 1 is 0.607 bits per heavy atom. The molecule has 0 aliphatic rings. The van der Waals surface area contributed by atoms with Crippen molar-refractivity contribution in [2.45, 2.75) is 187 Å². The summed E-state index contributed by atoms with van der Waals surface area (Å²) in [6.45, 7) is 4.05. The molecule has 0 fully saturated rings. The maximum Gasteiger partial charge on any atom is 0.330 e. The number of rotatable bonds is 40. The van der Waals surface area contributed by atoms with E-state index in [9.17, 15) is 19.0 Å². The number of phosphoric ester groups is 1. The van der Waals surface area contributed by atoms with Crippen LogP contribution in [0.2, 0.25) is 0 Å². The number of ether oxygens (including phenoxy) is 2. The summed E-state index contributed by atoms with van der Waals surface area (Å²) in [4.78, 5) is 37.4. The summed E-state index contributed by atoms with van der Waals surface area (Å²) in [5, 5.41) is 0. The van der Waals surface area contributed by atoms with Crippen LogP contribution in [0.5, 0.6) is 0 Å². The average Bonchev–Trinajstić information content (AvgIpc) is 3.15. The van der Waals surface area contributed by atoms with Crippen LogP contribution < -0.4 is 4.89 Å². The topological polar surface area (TPSA) is 111 Å². The summed E-state index contributed by atoms with van der Waals surface area (Å²) >= 11 is 0. The maximum absolute atomic E-state index is 12.6. The van der Waals surface area contributed by atoms with Gasteiger partial charge in [0.25, 0.3) is 7.82 Å². The van der Waals surface area contributed by atoms with E-state index in [0.29, 0.717) is 23.9 Å². The normalized spacial score (nSPS) is 14.0. The van der Waals surface area contributed by atoms with Crippen molar-refractivity contribution >= 4 is 19.8 Å². The second-order valence-electron chi connectivity index (χ2n) is 16.1. The molecule has 0 saturated heterocycles. The average molecular weight is 810 g/mol. The number of allylic oxidation sites excluding steroid dienone is 7. The fraction of sp³-hybridized carbons (Fsp3) is 0.783. The molecule has 0 N–H and O–H groups in total. The minimum absolute atomic E-state index is 0.0517. The third-order valence-electron chi connectivity index (χ3n) is 9.43. The van der Waals surface area contributed by atoms with Crippen LogP contribution in [-0.4, -0.2) is 70.0 Å². The van der Waals surface area contributed by atoms with E-state index >= 15 is 0 Å². The smallest absolute Gasteiger partial charge is 0.330 e. The fourth-order valence-corrected chi connectivity index (χ4v) is 6.63. The van der Waals surface area contributed by atoms with Crippen LogP contribution in [0.25, 0.3) is 0 Å². The van der Waals surface area contributed by atoms with E-state index in [0.717, 1.165) is 25.7 Å². The lowest BCUT2D eigenvalue weighted by molar-refractivity contribution is -0.870. The summed E-state index contributed by atoms with van der Waals surface area (Å²) in [5.74, 6) is -1.14. The molecule has 0 saturated carbocycles. The summed E-state index contributed by atoms with van der Waals surface area (Å²) in [5.41, 5.74) is 0. The highest BCUT2D eigenvalue weighted by atomic mass is 31.2. The summed E-state index contributed by atoms with van der Waals surface area (Å²) in [6.07, 6.45) is 45.0. The van der Waals surface area contributed by atoms with Gasteiger partial charge < -0.3 is 27.9 Å². The van der Waals surface area contributed by atoms with Crippen molar-refractivity contribution in [1.82, 2.24) is 0 Å². The molecular formula is C46H84NO8P. The molecule has 1 unspecified atom stereocenters. The van der Waals surface area contributed by atoms with Gasteiger partial charge in [-0.1, -0.05) is 172 Å². The van der Waals surface area contributed by atoms with Crippen molar-refractivity contribution in [2.75, 3.05) is 47.5 Å². The molecule has 0 aromatic heterocycles. The second kappa shape index (κ2) is 38.5. The number of phosphoric acid groups is 1. The van der Waals surface area contributed by atoms with Crippen LogP contribution in [-0.2, 0) is 32.7 Å². The molecule has 0 bridgehead atoms. The van der Waals surface area contributed by atoms with Crippen LogP contribution in [0.3, 0.4) is 0 Å². The van der Waals surface area contributed by atoms with Crippen molar-refractivity contribution in [2.24, 2.45) is 0 Å². The number of carbonyl (C=O) groups is 2. The first-order valence-electron chi connectivity index (χ1n) is 22.4. The number of nitrogens with zero attached hydrogens (tertiary/aromatic N) is 1. The lowest BCUT2D eigenvalue weighted by Gasteiger charge is -2.28. The highest BCUT2D eigenvalue weighted by Gasteiger charge is 2.21. The van der Waals surface area contributed by atoms with Gasteiger partial charge in [-0.2, -0.15) is 0 Å². The molecule has 0 spiro atoms. The van der Waals surface area contributed by atoms with Gasteiger partial charge in [-0.05, 0) is 44.9 Å². The summed E-state index contributed by atoms with van der Waals surface area (Å²) in [6, 6.07) is 0. The molecule has 0 radical (unpaired) electrons. The first-order valence-corrected chi connectivity index (χ1v) is 23.8. The van der Waals surface area contributed by atoms with Crippen LogP contribution in [0.15, 0.2) is 48.6 Å². The first-order chi connectivity index (χ1) is 27.0. The lowest BCUT2D eigenvalue weighted by atomic mass is 10.1. The number of hydrogen-bond acceptors (Lipinski definition) is 8. The zero-order valence-corrected chi connectivity index (χ0v) is 37.5. The van der Waals surface area contributed by atoms with Crippen LogP contribution in [0, 0.1) is 0 Å². The molecule has 56 heavy (non-hydrogen) atoms. The van der Waals surface area contributed by atoms with E-state index in [-0.39, 0.29) is 19.6 Å². The van der Waals surface area contributed by atoms with Gasteiger partial charge in [0.1, 0.15) is 19.8 Å². The molecular weight excluding hydrogens is 725 g/mol. The molecule has 0 rings (SSSR count). The van der Waals surface area contributed by atoms with Gasteiger partial charge in [-0.15, -0.1) is 0 Å². The Morgan fingerprint density at radius 3 is 1.61 bits per heavy atom. The lowest BCUT2D eigenvalue weighted by Crippen LogP contribution is -2.37. The molecule has 10 heteroatoms. The van der Waals surface area contributed by atoms with Gasteiger partial charge in [0, 0.05) is 12.5 Å². The molecule has 0 aliphatic heterocycles. The summed E-state index contributed by atoms with van der Waals surface area (Å²) in [7, 11) is 1.10. The van der Waals surface area contributed by atoms with Crippen LogP contribution in [0.1, 0.15) is 181 Å². The van der Waals surface area contributed by atoms with Crippen molar-refractivity contribution in [3.8, 4) is 0 Å². The molecule has 0 aromatic rings. The first kappa shape index (κ1) is 54.0. The third kappa shape index (κ3) is 41.6. The number of carbonyl (C=O) groups excluding carboxylic acids is 2. The highest BCUT2D eigenvalue weighted by Crippen LogP contribution is 2.38. The monoisotopic (exact) mass is 810 g/mol. The second-order valence-corrected chi connectivity index (χ2v) is 17.5. The number of unbranched alkanes of at least 4 members (excludes halogenated alkanes) is 21. The van der Waals surface area contributed by atoms with Gasteiger partial charge in [-0.3, -0.25) is 9.36 Å². The SMILES string of the molecule is CCCCCCCCCCC/C=C/C/C=C/CCCC(=O)O[C@H](COC(=O)/C=C/C=C/CCCCCCCCCCCCC)COP(=O)([O-])OCC[N+](C)(C)C. The Bertz CT molecular complexity index is 1100. The van der Waals surface area contributed by atoms with Crippen molar-refractivity contribution in [3.05, 3.63) is 48.6 Å². The van der Waals surface area contributed by atoms with E-state index in [1.807, 2.05) is 33.3 Å². The molecule has 326 valence electrons. The van der Waals surface area contributed by atoms with Crippen LogP contribution >= 0.6 is 7.82 Å². The molecule has 9 nitrogen and oxygen atoms in total. The van der Waals surface area contributed by atoms with Crippen molar-refractivity contribution < 1.29 is 42.1 Å². The molecule has 0 heterocycles. The largest absolute Gasteiger partial charge is 0.756 e. The highest BCUT2D eigenvalue weighted by molar-refractivity contribution is 7.45. The molecule has 2 atom stereocenters. The fourth-order valence-electron chi connectivity index (χ4n) is 5.90. The van der Waals surface area contributed by atoms with Gasteiger partial charge in [-0.25, -0.2) is 4.79 Å². The van der Waals surface area contributed by atoms with Crippen LogP contribution in [0.4, 0.5) is 0 Å². The molecule has 0 amide bonds. The Balaban J connectivity index is 4.51. The maximum atomic E-state index is 12.6. The number of hydrogen-bond donors (Lipinski definition) is 0. The predicted molar refractivity (Wildman–Crippen MR) is 231 cm³/mol. The quantitative estimate of drug-likeness (QED) is 0.0114. The van der Waals surface area contributed by atoms with Gasteiger partial charge in [0.05, 0.1) is 27.7 Å². The standard InChI is InChI=1S/C46H84NO8P/c1-6-8-10-12-14-16-18-20-22-23-25-27-29-31-33-35-37-39-46(49)55-44(43-54-56(50,51)53-41-40-47(3,4)5)42-52-45(48)38-36-34-32-30-28-26-24-21-19-17-15-13-11-9-7-2/h25,27,31-34,36,38,44H,6-24,26,28-30,35,37,39-43H2,1-5H3/b27-25+,33-31+,34-32+,38-36+/t44-/m1/s1. The van der Waals surface area contributed by atoms with E-state index in [1.54, 1.807) is 6.08 Å². The van der Waals surface area contributed by atoms with E-state index in [4.69, 9.17) is 18.5 Å². The van der Waals surface area contributed by atoms with Gasteiger partial charge in [0.15, 0.2) is 6.10 Å². The van der Waals surface area contributed by atoms with E-state index in [1.165, 1.54) is 128 Å². The van der Waals surface area contributed by atoms with Crippen molar-refractivity contribution in [3.63, 3.8) is 0 Å². The predicted octanol–water partition coefficient (Wildman–Crippen LogP) is 12.1. The minimum atomic E-state index is -4.65. The Morgan fingerprint density at radius 2 is 1.09 bits per heavy atom. The Hall–Kier alpha value is -2.03. The minimum Gasteiger partial charge on any atom is -0.756 e. The Kier molecular flexibility index (Phi) is 37.1. The zero-order chi connectivity index (χ0) is 41.4. The summed E-state index contributed by atoms with van der Waals surface area (Å²) < 4.78 is 33.6. The van der Waals surface area contributed by atoms with Gasteiger partial charge >= 0.3 is 11.9 Å². The number of likely N-dealkylation sites (N-methyl/N-ethyl adjacent to an activating group) is 1. The third-order valence-corrected chi connectivity index (χ3v) is 10.4. The Labute approximate surface area is 343 Å².